The van der Waals surface area contributed by atoms with Gasteiger partial charge in [-0.1, -0.05) is 24.3 Å². The van der Waals surface area contributed by atoms with Gasteiger partial charge in [0.15, 0.2) is 5.65 Å². The van der Waals surface area contributed by atoms with Crippen molar-refractivity contribution in [1.82, 2.24) is 19.8 Å². The molecular formula is C16H13F2N5. The third-order valence-electron chi connectivity index (χ3n) is 4.84. The third kappa shape index (κ3) is 1.85. The van der Waals surface area contributed by atoms with Crippen LogP contribution < -0.4 is 5.32 Å². The van der Waals surface area contributed by atoms with Crippen molar-refractivity contribution in [3.8, 4) is 0 Å². The Morgan fingerprint density at radius 2 is 2.00 bits per heavy atom. The first kappa shape index (κ1) is 12.9. The van der Waals surface area contributed by atoms with Crippen LogP contribution in [-0.2, 0) is 6.42 Å². The van der Waals surface area contributed by atoms with Crippen LogP contribution in [-0.4, -0.2) is 25.9 Å². The number of fused-ring (bicyclic) bond motifs is 4. The molecule has 2 aromatic heterocycles. The molecule has 2 aliphatic rings. The van der Waals surface area contributed by atoms with Crippen molar-refractivity contribution in [2.75, 3.05) is 5.32 Å². The number of hydrogen-bond donors (Lipinski definition) is 1. The summed E-state index contributed by atoms with van der Waals surface area (Å²) in [7, 11) is 0. The van der Waals surface area contributed by atoms with Gasteiger partial charge in [0.05, 0.1) is 0 Å². The highest BCUT2D eigenvalue weighted by Gasteiger charge is 2.55. The second-order valence-corrected chi connectivity index (χ2v) is 6.11. The maximum atomic E-state index is 12.9. The molecule has 0 saturated heterocycles. The summed E-state index contributed by atoms with van der Waals surface area (Å²) >= 11 is 0. The van der Waals surface area contributed by atoms with Crippen molar-refractivity contribution in [3.63, 3.8) is 0 Å². The summed E-state index contributed by atoms with van der Waals surface area (Å²) in [6.45, 7) is 0. The fourth-order valence-corrected chi connectivity index (χ4v) is 3.74. The Morgan fingerprint density at radius 1 is 1.13 bits per heavy atom. The second-order valence-electron chi connectivity index (χ2n) is 6.11. The van der Waals surface area contributed by atoms with Crippen LogP contribution in [0.2, 0.25) is 0 Å². The summed E-state index contributed by atoms with van der Waals surface area (Å²) < 4.78 is 26.9. The fraction of sp³-hybridized carbons (Fsp3) is 0.312. The summed E-state index contributed by atoms with van der Waals surface area (Å²) in [6.07, 6.45) is -1.63. The molecule has 1 aromatic carbocycles. The van der Waals surface area contributed by atoms with Crippen LogP contribution in [0.25, 0.3) is 5.65 Å². The minimum atomic E-state index is -2.69. The Morgan fingerprint density at radius 3 is 2.87 bits per heavy atom. The van der Waals surface area contributed by atoms with E-state index in [4.69, 9.17) is 0 Å². The molecule has 7 heteroatoms. The standard InChI is InChI=1S/C16H13F2N5/c17-15(18)16-21-20-12-6-5-11(22-23(12)16)19-14-10-7-8-3-1-2-4-9(8)13(10)14/h1-6,10,13-15H,7H2,(H,19,22). The third-order valence-corrected chi connectivity index (χ3v) is 4.84. The molecule has 5 rings (SSSR count). The number of hydrogen-bond acceptors (Lipinski definition) is 4. The maximum absolute atomic E-state index is 12.9. The molecule has 0 radical (unpaired) electrons. The van der Waals surface area contributed by atoms with Gasteiger partial charge in [-0.2, -0.15) is 4.52 Å². The van der Waals surface area contributed by atoms with E-state index in [0.717, 1.165) is 10.9 Å². The zero-order valence-electron chi connectivity index (χ0n) is 12.0. The quantitative estimate of drug-likeness (QED) is 0.808. The van der Waals surface area contributed by atoms with Crippen molar-refractivity contribution in [3.05, 3.63) is 53.3 Å². The van der Waals surface area contributed by atoms with Crippen molar-refractivity contribution in [2.24, 2.45) is 5.92 Å². The number of nitrogens with zero attached hydrogens (tertiary/aromatic N) is 4. The molecule has 0 spiro atoms. The van der Waals surface area contributed by atoms with E-state index in [1.54, 1.807) is 12.1 Å². The average molecular weight is 313 g/mol. The number of rotatable bonds is 3. The van der Waals surface area contributed by atoms with Gasteiger partial charge < -0.3 is 5.32 Å². The maximum Gasteiger partial charge on any atom is 0.299 e. The predicted octanol–water partition coefficient (Wildman–Crippen LogP) is 2.81. The van der Waals surface area contributed by atoms with Crippen LogP contribution in [0.5, 0.6) is 0 Å². The molecular weight excluding hydrogens is 300 g/mol. The van der Waals surface area contributed by atoms with E-state index in [0.29, 0.717) is 29.3 Å². The van der Waals surface area contributed by atoms with E-state index < -0.39 is 12.2 Å². The number of benzene rings is 1. The van der Waals surface area contributed by atoms with Gasteiger partial charge in [0, 0.05) is 12.0 Å². The van der Waals surface area contributed by atoms with Gasteiger partial charge in [-0.3, -0.25) is 0 Å². The van der Waals surface area contributed by atoms with E-state index in [1.807, 2.05) is 0 Å². The zero-order valence-corrected chi connectivity index (χ0v) is 12.0. The lowest BCUT2D eigenvalue weighted by Crippen LogP contribution is -2.12. The summed E-state index contributed by atoms with van der Waals surface area (Å²) in [5.41, 5.74) is 3.14. The topological polar surface area (TPSA) is 55.1 Å². The molecule has 1 saturated carbocycles. The number of halogens is 2. The number of nitrogens with one attached hydrogen (secondary N) is 1. The molecule has 116 valence electrons. The predicted molar refractivity (Wildman–Crippen MR) is 79.5 cm³/mol. The molecule has 3 atom stereocenters. The van der Waals surface area contributed by atoms with E-state index in [-0.39, 0.29) is 0 Å². The molecule has 0 aliphatic heterocycles. The Kier molecular flexibility index (Phi) is 2.51. The smallest absolute Gasteiger partial charge is 0.299 e. The molecule has 2 aliphatic carbocycles. The normalized spacial score (nSPS) is 24.7. The van der Waals surface area contributed by atoms with Crippen LogP contribution in [0.15, 0.2) is 36.4 Å². The fourth-order valence-electron chi connectivity index (χ4n) is 3.74. The van der Waals surface area contributed by atoms with Gasteiger partial charge in [-0.15, -0.1) is 15.3 Å². The molecule has 3 aromatic rings. The first-order chi connectivity index (χ1) is 11.2. The lowest BCUT2D eigenvalue weighted by atomic mass is 10.1. The van der Waals surface area contributed by atoms with E-state index in [1.165, 1.54) is 11.1 Å². The molecule has 2 heterocycles. The molecule has 1 N–H and O–H groups in total. The van der Waals surface area contributed by atoms with Crippen LogP contribution >= 0.6 is 0 Å². The van der Waals surface area contributed by atoms with Gasteiger partial charge in [0.25, 0.3) is 6.43 Å². The Labute approximate surface area is 130 Å². The highest BCUT2D eigenvalue weighted by atomic mass is 19.3. The van der Waals surface area contributed by atoms with Crippen molar-refractivity contribution in [2.45, 2.75) is 24.8 Å². The van der Waals surface area contributed by atoms with Gasteiger partial charge >= 0.3 is 0 Å². The first-order valence-corrected chi connectivity index (χ1v) is 7.57. The zero-order chi connectivity index (χ0) is 15.6. The second kappa shape index (κ2) is 4.47. The highest BCUT2D eigenvalue weighted by Crippen LogP contribution is 2.57. The van der Waals surface area contributed by atoms with Crippen LogP contribution in [0.1, 0.15) is 29.3 Å². The minimum absolute atomic E-state index is 0.321. The Hall–Kier alpha value is -2.57. The summed E-state index contributed by atoms with van der Waals surface area (Å²) in [4.78, 5) is 0. The monoisotopic (exact) mass is 313 g/mol. The largest absolute Gasteiger partial charge is 0.365 e. The molecule has 23 heavy (non-hydrogen) atoms. The molecule has 3 unspecified atom stereocenters. The number of alkyl halides is 2. The lowest BCUT2D eigenvalue weighted by molar-refractivity contribution is 0.137. The van der Waals surface area contributed by atoms with E-state index >= 15 is 0 Å². The van der Waals surface area contributed by atoms with E-state index in [9.17, 15) is 8.78 Å². The van der Waals surface area contributed by atoms with Crippen molar-refractivity contribution >= 4 is 11.5 Å². The number of aromatic nitrogens is 4. The average Bonchev–Trinajstić information content (AvgIpc) is 2.93. The first-order valence-electron chi connectivity index (χ1n) is 7.57. The Bertz CT molecular complexity index is 906. The highest BCUT2D eigenvalue weighted by molar-refractivity contribution is 5.52. The van der Waals surface area contributed by atoms with Crippen LogP contribution in [0.4, 0.5) is 14.6 Å². The van der Waals surface area contributed by atoms with Gasteiger partial charge in [0.2, 0.25) is 5.82 Å². The molecule has 5 nitrogen and oxygen atoms in total. The SMILES string of the molecule is FC(F)c1nnc2ccc(NC3C4Cc5ccccc5C43)nn12. The minimum Gasteiger partial charge on any atom is -0.365 e. The van der Waals surface area contributed by atoms with Gasteiger partial charge in [-0.25, -0.2) is 8.78 Å². The van der Waals surface area contributed by atoms with Crippen LogP contribution in [0.3, 0.4) is 0 Å². The lowest BCUT2D eigenvalue weighted by Gasteiger charge is -2.10. The van der Waals surface area contributed by atoms with Gasteiger partial charge in [-0.05, 0) is 35.6 Å². The Balaban J connectivity index is 1.42. The van der Waals surface area contributed by atoms with Crippen molar-refractivity contribution < 1.29 is 8.78 Å². The summed E-state index contributed by atoms with van der Waals surface area (Å²) in [5, 5.41) is 14.8. The molecule has 1 fully saturated rings. The molecule has 0 amide bonds. The summed E-state index contributed by atoms with van der Waals surface area (Å²) in [5.74, 6) is 1.22. The number of anilines is 1. The molecule has 0 bridgehead atoms. The van der Waals surface area contributed by atoms with Gasteiger partial charge in [0.1, 0.15) is 5.82 Å². The van der Waals surface area contributed by atoms with Crippen LogP contribution in [0, 0.1) is 5.92 Å². The summed E-state index contributed by atoms with van der Waals surface area (Å²) in [6, 6.07) is 12.2. The van der Waals surface area contributed by atoms with Crippen molar-refractivity contribution in [1.29, 1.82) is 0 Å². The van der Waals surface area contributed by atoms with E-state index in [2.05, 4.69) is 44.9 Å².